The number of nitrogens with two attached hydrogens (primary N) is 1. The number of hydrogen-bond acceptors (Lipinski definition) is 4. The Balaban J connectivity index is 2.04. The Labute approximate surface area is 146 Å². The van der Waals surface area contributed by atoms with Gasteiger partial charge in [-0.25, -0.2) is 13.6 Å². The third-order valence-electron chi connectivity index (χ3n) is 3.45. The van der Waals surface area contributed by atoms with Crippen LogP contribution in [0.3, 0.4) is 0 Å². The largest absolute Gasteiger partial charge is 0.341 e. The smallest absolute Gasteiger partial charge is 0.251 e. The number of benzene rings is 2. The van der Waals surface area contributed by atoms with Gasteiger partial charge in [-0.05, 0) is 44.2 Å². The molecule has 0 saturated carbocycles. The van der Waals surface area contributed by atoms with Crippen LogP contribution >= 0.6 is 0 Å². The van der Waals surface area contributed by atoms with Gasteiger partial charge in [0.15, 0.2) is 0 Å². The molecule has 8 heteroatoms. The second-order valence-electron chi connectivity index (χ2n) is 5.63. The molecule has 0 aliphatic heterocycles. The predicted molar refractivity (Wildman–Crippen MR) is 94.6 cm³/mol. The molecule has 25 heavy (non-hydrogen) atoms. The zero-order valence-corrected chi connectivity index (χ0v) is 14.6. The number of hydrogen-bond donors (Lipinski definition) is 3. The van der Waals surface area contributed by atoms with Crippen LogP contribution in [0, 0.1) is 6.92 Å². The number of carbonyl (C=O) groups is 2. The van der Waals surface area contributed by atoms with Crippen LogP contribution in [0.1, 0.15) is 22.8 Å². The number of carbonyl (C=O) groups excluding carboxylic acids is 2. The lowest BCUT2D eigenvalue weighted by Gasteiger charge is -2.14. The van der Waals surface area contributed by atoms with Crippen molar-refractivity contribution >= 4 is 27.5 Å². The molecule has 0 aromatic heterocycles. The summed E-state index contributed by atoms with van der Waals surface area (Å²) in [6.07, 6.45) is 0. The molecule has 1 atom stereocenters. The molecule has 0 spiro atoms. The topological polar surface area (TPSA) is 118 Å². The highest BCUT2D eigenvalue weighted by molar-refractivity contribution is 7.89. The maximum absolute atomic E-state index is 12.2. The number of anilines is 1. The lowest BCUT2D eigenvalue weighted by Crippen LogP contribution is -2.41. The van der Waals surface area contributed by atoms with Gasteiger partial charge in [0, 0.05) is 11.3 Å². The van der Waals surface area contributed by atoms with E-state index in [0.717, 1.165) is 5.56 Å². The number of amides is 2. The molecule has 0 bridgehead atoms. The highest BCUT2D eigenvalue weighted by Crippen LogP contribution is 2.14. The van der Waals surface area contributed by atoms with Crippen molar-refractivity contribution in [1.82, 2.24) is 5.32 Å². The van der Waals surface area contributed by atoms with Crippen LogP contribution in [0.25, 0.3) is 0 Å². The number of sulfonamides is 1. The monoisotopic (exact) mass is 361 g/mol. The first-order chi connectivity index (χ1) is 11.7. The summed E-state index contributed by atoms with van der Waals surface area (Å²) >= 11 is 0. The average Bonchev–Trinajstić information content (AvgIpc) is 2.54. The normalized spacial score (nSPS) is 12.3. The van der Waals surface area contributed by atoms with Gasteiger partial charge in [-0.3, -0.25) is 9.59 Å². The van der Waals surface area contributed by atoms with Crippen molar-refractivity contribution in [2.75, 3.05) is 5.32 Å². The molecule has 0 unspecified atom stereocenters. The summed E-state index contributed by atoms with van der Waals surface area (Å²) < 4.78 is 22.7. The molecule has 0 saturated heterocycles. The predicted octanol–water partition coefficient (Wildman–Crippen LogP) is 1.40. The van der Waals surface area contributed by atoms with Gasteiger partial charge in [-0.2, -0.15) is 0 Å². The molecule has 132 valence electrons. The standard InChI is InChI=1S/C17H19N3O4S/c1-11-5-3-6-13(9-11)17(22)19-12(2)16(21)20-14-7-4-8-15(10-14)25(18,23)24/h3-10,12H,1-2H3,(H,19,22)(H,20,21)(H2,18,23,24)/t12-/m0/s1. The molecule has 0 aliphatic carbocycles. The van der Waals surface area contributed by atoms with Gasteiger partial charge in [0.25, 0.3) is 5.91 Å². The van der Waals surface area contributed by atoms with E-state index in [1.807, 2.05) is 13.0 Å². The molecule has 2 rings (SSSR count). The summed E-state index contributed by atoms with van der Waals surface area (Å²) in [4.78, 5) is 24.3. The first-order valence-corrected chi connectivity index (χ1v) is 9.03. The van der Waals surface area contributed by atoms with E-state index in [1.54, 1.807) is 18.2 Å². The van der Waals surface area contributed by atoms with Gasteiger partial charge in [0.05, 0.1) is 4.90 Å². The minimum Gasteiger partial charge on any atom is -0.341 e. The van der Waals surface area contributed by atoms with Crippen molar-refractivity contribution in [2.24, 2.45) is 5.14 Å². The molecule has 0 aliphatic rings. The molecule has 0 radical (unpaired) electrons. The van der Waals surface area contributed by atoms with Gasteiger partial charge in [-0.15, -0.1) is 0 Å². The van der Waals surface area contributed by atoms with E-state index in [-0.39, 0.29) is 16.5 Å². The van der Waals surface area contributed by atoms with Crippen LogP contribution < -0.4 is 15.8 Å². The van der Waals surface area contributed by atoms with Crippen LogP contribution in [-0.2, 0) is 14.8 Å². The first-order valence-electron chi connectivity index (χ1n) is 7.48. The summed E-state index contributed by atoms with van der Waals surface area (Å²) in [5.74, 6) is -0.850. The highest BCUT2D eigenvalue weighted by Gasteiger charge is 2.17. The Kier molecular flexibility index (Phi) is 5.55. The van der Waals surface area contributed by atoms with Crippen molar-refractivity contribution in [2.45, 2.75) is 24.8 Å². The van der Waals surface area contributed by atoms with Crippen LogP contribution in [0.5, 0.6) is 0 Å². The number of aryl methyl sites for hydroxylation is 1. The molecule has 2 aromatic rings. The third kappa shape index (κ3) is 5.13. The number of primary sulfonamides is 1. The fourth-order valence-corrected chi connectivity index (χ4v) is 2.69. The zero-order valence-electron chi connectivity index (χ0n) is 13.8. The third-order valence-corrected chi connectivity index (χ3v) is 4.36. The van der Waals surface area contributed by atoms with Crippen molar-refractivity contribution in [1.29, 1.82) is 0 Å². The Morgan fingerprint density at radius 1 is 1.08 bits per heavy atom. The molecule has 2 aromatic carbocycles. The fourth-order valence-electron chi connectivity index (χ4n) is 2.13. The molecular weight excluding hydrogens is 342 g/mol. The summed E-state index contributed by atoms with van der Waals surface area (Å²) in [5, 5.41) is 10.2. The summed E-state index contributed by atoms with van der Waals surface area (Å²) in [5.41, 5.74) is 1.66. The van der Waals surface area contributed by atoms with Gasteiger partial charge >= 0.3 is 0 Å². The molecular formula is C17H19N3O4S. The van der Waals surface area contributed by atoms with Gasteiger partial charge < -0.3 is 10.6 Å². The minimum atomic E-state index is -3.86. The van der Waals surface area contributed by atoms with E-state index in [4.69, 9.17) is 5.14 Å². The van der Waals surface area contributed by atoms with Crippen molar-refractivity contribution in [3.05, 3.63) is 59.7 Å². The maximum atomic E-state index is 12.2. The maximum Gasteiger partial charge on any atom is 0.251 e. The van der Waals surface area contributed by atoms with E-state index in [2.05, 4.69) is 10.6 Å². The Morgan fingerprint density at radius 2 is 1.76 bits per heavy atom. The lowest BCUT2D eigenvalue weighted by atomic mass is 10.1. The second kappa shape index (κ2) is 7.45. The van der Waals surface area contributed by atoms with E-state index < -0.39 is 22.0 Å². The number of nitrogens with one attached hydrogen (secondary N) is 2. The summed E-state index contributed by atoms with van der Waals surface area (Å²) in [6.45, 7) is 3.40. The number of rotatable bonds is 5. The molecule has 4 N–H and O–H groups in total. The van der Waals surface area contributed by atoms with Gasteiger partial charge in [0.1, 0.15) is 6.04 Å². The Bertz CT molecular complexity index is 910. The summed E-state index contributed by atoms with van der Waals surface area (Å²) in [6, 6.07) is 11.8. The van der Waals surface area contributed by atoms with Crippen molar-refractivity contribution < 1.29 is 18.0 Å². The quantitative estimate of drug-likeness (QED) is 0.746. The van der Waals surface area contributed by atoms with Gasteiger partial charge in [0.2, 0.25) is 15.9 Å². The van der Waals surface area contributed by atoms with E-state index >= 15 is 0 Å². The van der Waals surface area contributed by atoms with Crippen LogP contribution in [0.15, 0.2) is 53.4 Å². The van der Waals surface area contributed by atoms with Crippen LogP contribution in [0.2, 0.25) is 0 Å². The van der Waals surface area contributed by atoms with E-state index in [0.29, 0.717) is 5.56 Å². The molecule has 7 nitrogen and oxygen atoms in total. The van der Waals surface area contributed by atoms with E-state index in [9.17, 15) is 18.0 Å². The zero-order chi connectivity index (χ0) is 18.6. The van der Waals surface area contributed by atoms with Gasteiger partial charge in [-0.1, -0.05) is 23.8 Å². The lowest BCUT2D eigenvalue weighted by molar-refractivity contribution is -0.117. The molecule has 2 amide bonds. The minimum absolute atomic E-state index is 0.109. The highest BCUT2D eigenvalue weighted by atomic mass is 32.2. The Hall–Kier alpha value is -2.71. The molecule has 0 heterocycles. The van der Waals surface area contributed by atoms with Crippen molar-refractivity contribution in [3.63, 3.8) is 0 Å². The van der Waals surface area contributed by atoms with E-state index in [1.165, 1.54) is 31.2 Å². The molecule has 0 fully saturated rings. The van der Waals surface area contributed by atoms with Crippen LogP contribution in [-0.4, -0.2) is 26.3 Å². The summed E-state index contributed by atoms with van der Waals surface area (Å²) in [7, 11) is -3.86. The SMILES string of the molecule is Cc1cccc(C(=O)N[C@@H](C)C(=O)Nc2cccc(S(N)(=O)=O)c2)c1. The first kappa shape index (κ1) is 18.6. The fraction of sp³-hybridized carbons (Fsp3) is 0.176. The van der Waals surface area contributed by atoms with Crippen molar-refractivity contribution in [3.8, 4) is 0 Å². The Morgan fingerprint density at radius 3 is 2.40 bits per heavy atom. The average molecular weight is 361 g/mol. The second-order valence-corrected chi connectivity index (χ2v) is 7.19. The van der Waals surface area contributed by atoms with Crippen LogP contribution in [0.4, 0.5) is 5.69 Å².